The molecule has 0 heterocycles. The molecule has 1 amide bonds. The normalized spacial score (nSPS) is 40.1. The van der Waals surface area contributed by atoms with Crippen molar-refractivity contribution < 1.29 is 4.79 Å². The van der Waals surface area contributed by atoms with Crippen LogP contribution in [0.3, 0.4) is 0 Å². The van der Waals surface area contributed by atoms with Crippen molar-refractivity contribution in [2.45, 2.75) is 58.4 Å². The second-order valence-electron chi connectivity index (χ2n) is 8.38. The molecule has 1 atom stereocenters. The third-order valence-electron chi connectivity index (χ3n) is 6.12. The van der Waals surface area contributed by atoms with Crippen molar-refractivity contribution >= 4 is 5.91 Å². The fourth-order valence-corrected chi connectivity index (χ4v) is 5.60. The molecule has 0 saturated heterocycles. The minimum Gasteiger partial charge on any atom is -0.344 e. The lowest BCUT2D eigenvalue weighted by atomic mass is 9.49. The van der Waals surface area contributed by atoms with E-state index in [1.165, 1.54) is 38.5 Å². The lowest BCUT2D eigenvalue weighted by Crippen LogP contribution is -2.54. The van der Waals surface area contributed by atoms with Crippen molar-refractivity contribution in [1.29, 1.82) is 0 Å². The van der Waals surface area contributed by atoms with Gasteiger partial charge < -0.3 is 10.6 Å². The first-order chi connectivity index (χ1) is 9.38. The first kappa shape index (κ1) is 14.4. The summed E-state index contributed by atoms with van der Waals surface area (Å²) >= 11 is 0. The van der Waals surface area contributed by atoms with Crippen LogP contribution in [0.5, 0.6) is 0 Å². The number of amides is 1. The van der Waals surface area contributed by atoms with E-state index in [0.717, 1.165) is 24.3 Å². The summed E-state index contributed by atoms with van der Waals surface area (Å²) < 4.78 is 0. The maximum Gasteiger partial charge on any atom is 0.239 e. The lowest BCUT2D eigenvalue weighted by Gasteiger charge is -2.57. The molecular formula is C17H30N2O. The van der Waals surface area contributed by atoms with Gasteiger partial charge in [-0.05, 0) is 67.6 Å². The second kappa shape index (κ2) is 5.01. The highest BCUT2D eigenvalue weighted by atomic mass is 16.2. The Kier molecular flexibility index (Phi) is 3.60. The van der Waals surface area contributed by atoms with Gasteiger partial charge in [0.15, 0.2) is 0 Å². The summed E-state index contributed by atoms with van der Waals surface area (Å²) in [7, 11) is 1.96. The number of nitrogens with two attached hydrogens (primary N) is 1. The van der Waals surface area contributed by atoms with Crippen LogP contribution in [0.2, 0.25) is 0 Å². The van der Waals surface area contributed by atoms with E-state index in [1.54, 1.807) is 0 Å². The molecule has 4 fully saturated rings. The molecule has 4 aliphatic carbocycles. The van der Waals surface area contributed by atoms with Gasteiger partial charge in [0.05, 0.1) is 6.04 Å². The Balaban J connectivity index is 1.67. The van der Waals surface area contributed by atoms with Gasteiger partial charge >= 0.3 is 0 Å². The average Bonchev–Trinajstić information content (AvgIpc) is 2.34. The molecule has 4 rings (SSSR count). The predicted octanol–water partition coefficient (Wildman–Crippen LogP) is 2.64. The minimum absolute atomic E-state index is 0.135. The van der Waals surface area contributed by atoms with Crippen molar-refractivity contribution in [2.24, 2.45) is 34.8 Å². The molecule has 3 heteroatoms. The highest BCUT2D eigenvalue weighted by Crippen LogP contribution is 2.60. The summed E-state index contributed by atoms with van der Waals surface area (Å²) in [6, 6.07) is -0.339. The number of hydrogen-bond acceptors (Lipinski definition) is 2. The minimum atomic E-state index is -0.339. The molecule has 0 aromatic heterocycles. The molecule has 0 aliphatic heterocycles. The van der Waals surface area contributed by atoms with Crippen LogP contribution in [0.1, 0.15) is 52.4 Å². The fourth-order valence-electron chi connectivity index (χ4n) is 5.60. The fraction of sp³-hybridized carbons (Fsp3) is 0.941. The van der Waals surface area contributed by atoms with Gasteiger partial charge in [-0.3, -0.25) is 4.79 Å². The molecule has 2 N–H and O–H groups in total. The number of rotatable bonds is 4. The zero-order valence-corrected chi connectivity index (χ0v) is 13.3. The summed E-state index contributed by atoms with van der Waals surface area (Å²) in [6.45, 7) is 5.00. The maximum atomic E-state index is 12.4. The van der Waals surface area contributed by atoms with Gasteiger partial charge in [0, 0.05) is 13.6 Å². The van der Waals surface area contributed by atoms with E-state index in [0.29, 0.717) is 5.41 Å². The van der Waals surface area contributed by atoms with E-state index in [2.05, 4.69) is 0 Å². The highest BCUT2D eigenvalue weighted by Gasteiger charge is 2.51. The molecule has 3 nitrogen and oxygen atoms in total. The van der Waals surface area contributed by atoms with Crippen LogP contribution < -0.4 is 5.73 Å². The Morgan fingerprint density at radius 1 is 1.15 bits per heavy atom. The van der Waals surface area contributed by atoms with E-state index >= 15 is 0 Å². The van der Waals surface area contributed by atoms with E-state index in [9.17, 15) is 4.79 Å². The van der Waals surface area contributed by atoms with Crippen LogP contribution in [0.4, 0.5) is 0 Å². The third-order valence-corrected chi connectivity index (χ3v) is 6.12. The number of carbonyl (C=O) groups is 1. The lowest BCUT2D eigenvalue weighted by molar-refractivity contribution is -0.137. The standard InChI is InChI=1S/C17H30N2O/c1-11(2)15(18)16(20)19(3)10-17-7-12-4-13(8-17)6-14(5-12)9-17/h11-15H,4-10,18H2,1-3H3/t12?,13?,14?,15-,17?/m0/s1. The molecule has 4 aliphatic rings. The number of nitrogens with zero attached hydrogens (tertiary/aromatic N) is 1. The first-order valence-electron chi connectivity index (χ1n) is 8.39. The molecule has 20 heavy (non-hydrogen) atoms. The van der Waals surface area contributed by atoms with Crippen molar-refractivity contribution in [1.82, 2.24) is 4.90 Å². The Bertz CT molecular complexity index is 355. The van der Waals surface area contributed by atoms with Crippen LogP contribution >= 0.6 is 0 Å². The number of hydrogen-bond donors (Lipinski definition) is 1. The summed E-state index contributed by atoms with van der Waals surface area (Å²) in [5.74, 6) is 3.20. The maximum absolute atomic E-state index is 12.4. The molecular weight excluding hydrogens is 248 g/mol. The van der Waals surface area contributed by atoms with Crippen LogP contribution in [0.15, 0.2) is 0 Å². The van der Waals surface area contributed by atoms with Gasteiger partial charge in [-0.1, -0.05) is 13.8 Å². The van der Waals surface area contributed by atoms with Gasteiger partial charge in [-0.25, -0.2) is 0 Å². The molecule has 0 aromatic rings. The molecule has 0 unspecified atom stereocenters. The Labute approximate surface area is 123 Å². The van der Waals surface area contributed by atoms with E-state index in [1.807, 2.05) is 25.8 Å². The van der Waals surface area contributed by atoms with Crippen LogP contribution in [0.25, 0.3) is 0 Å². The summed E-state index contributed by atoms with van der Waals surface area (Å²) in [6.07, 6.45) is 8.45. The smallest absolute Gasteiger partial charge is 0.239 e. The zero-order valence-electron chi connectivity index (χ0n) is 13.3. The Hall–Kier alpha value is -0.570. The Morgan fingerprint density at radius 2 is 1.60 bits per heavy atom. The van der Waals surface area contributed by atoms with Crippen LogP contribution in [0, 0.1) is 29.1 Å². The van der Waals surface area contributed by atoms with Crippen LogP contribution in [-0.2, 0) is 4.79 Å². The second-order valence-corrected chi connectivity index (χ2v) is 8.38. The van der Waals surface area contributed by atoms with E-state index in [-0.39, 0.29) is 17.9 Å². The molecule has 0 spiro atoms. The quantitative estimate of drug-likeness (QED) is 0.859. The molecule has 4 bridgehead atoms. The van der Waals surface area contributed by atoms with Crippen molar-refractivity contribution in [3.8, 4) is 0 Å². The van der Waals surface area contributed by atoms with Crippen molar-refractivity contribution in [3.05, 3.63) is 0 Å². The van der Waals surface area contributed by atoms with Crippen molar-refractivity contribution in [3.63, 3.8) is 0 Å². The zero-order chi connectivity index (χ0) is 14.5. The summed E-state index contributed by atoms with van der Waals surface area (Å²) in [4.78, 5) is 14.4. The highest BCUT2D eigenvalue weighted by molar-refractivity contribution is 5.81. The first-order valence-corrected chi connectivity index (χ1v) is 8.39. The van der Waals surface area contributed by atoms with Gasteiger partial charge in [-0.15, -0.1) is 0 Å². The van der Waals surface area contributed by atoms with Gasteiger partial charge in [0.2, 0.25) is 5.91 Å². The predicted molar refractivity (Wildman–Crippen MR) is 81.1 cm³/mol. The number of likely N-dealkylation sites (N-methyl/N-ethyl adjacent to an activating group) is 1. The van der Waals surface area contributed by atoms with Gasteiger partial charge in [0.1, 0.15) is 0 Å². The number of carbonyl (C=O) groups excluding carboxylic acids is 1. The molecule has 0 radical (unpaired) electrons. The Morgan fingerprint density at radius 3 is 2.00 bits per heavy atom. The summed E-state index contributed by atoms with van der Waals surface area (Å²) in [5, 5.41) is 0. The molecule has 4 saturated carbocycles. The average molecular weight is 278 g/mol. The summed E-state index contributed by atoms with van der Waals surface area (Å²) in [5.41, 5.74) is 6.46. The monoisotopic (exact) mass is 278 g/mol. The van der Waals surface area contributed by atoms with Crippen LogP contribution in [-0.4, -0.2) is 30.4 Å². The van der Waals surface area contributed by atoms with Gasteiger partial charge in [-0.2, -0.15) is 0 Å². The van der Waals surface area contributed by atoms with E-state index in [4.69, 9.17) is 5.73 Å². The molecule has 114 valence electrons. The molecule has 0 aromatic carbocycles. The van der Waals surface area contributed by atoms with Crippen molar-refractivity contribution in [2.75, 3.05) is 13.6 Å². The topological polar surface area (TPSA) is 46.3 Å². The SMILES string of the molecule is CC(C)[C@H](N)C(=O)N(C)CC12CC3CC(CC(C3)C1)C2. The van der Waals surface area contributed by atoms with E-state index < -0.39 is 0 Å². The largest absolute Gasteiger partial charge is 0.344 e. The third kappa shape index (κ3) is 2.49. The van der Waals surface area contributed by atoms with Gasteiger partial charge in [0.25, 0.3) is 0 Å².